The summed E-state index contributed by atoms with van der Waals surface area (Å²) in [6.45, 7) is 8.41. The van der Waals surface area contributed by atoms with E-state index in [0.717, 1.165) is 28.4 Å². The average Bonchev–Trinajstić information content (AvgIpc) is 2.74. The summed E-state index contributed by atoms with van der Waals surface area (Å²) in [7, 11) is 0. The summed E-state index contributed by atoms with van der Waals surface area (Å²) < 4.78 is 5.26. The molecule has 0 saturated heterocycles. The lowest BCUT2D eigenvalue weighted by Gasteiger charge is -2.14. The van der Waals surface area contributed by atoms with Crippen LogP contribution in [0.4, 0.5) is 5.69 Å². The number of rotatable bonds is 2. The molecule has 17 heavy (non-hydrogen) atoms. The van der Waals surface area contributed by atoms with Crippen LogP contribution in [0.2, 0.25) is 0 Å². The molecule has 0 unspecified atom stereocenters. The topological polar surface area (TPSA) is 64.9 Å². The lowest BCUT2D eigenvalue weighted by molar-refractivity contribution is 0.375. The third-order valence-corrected chi connectivity index (χ3v) is 3.48. The van der Waals surface area contributed by atoms with Gasteiger partial charge in [0.1, 0.15) is 4.88 Å². The molecule has 0 aliphatic carbocycles. The predicted molar refractivity (Wildman–Crippen MR) is 69.9 cm³/mol. The molecule has 4 nitrogen and oxygen atoms in total. The third kappa shape index (κ3) is 2.66. The van der Waals surface area contributed by atoms with Gasteiger partial charge in [-0.2, -0.15) is 4.98 Å². The van der Waals surface area contributed by atoms with Crippen LogP contribution in [0.3, 0.4) is 0 Å². The minimum absolute atomic E-state index is 0.151. The molecule has 2 aromatic heterocycles. The highest BCUT2D eigenvalue weighted by Gasteiger charge is 2.19. The van der Waals surface area contributed by atoms with Crippen LogP contribution in [-0.4, -0.2) is 10.1 Å². The minimum atomic E-state index is 0.151. The predicted octanol–water partition coefficient (Wildman–Crippen LogP) is 3.28. The number of anilines is 1. The molecule has 0 aromatic carbocycles. The van der Waals surface area contributed by atoms with Crippen molar-refractivity contribution in [2.45, 2.75) is 34.1 Å². The molecule has 2 rings (SSSR count). The van der Waals surface area contributed by atoms with E-state index in [1.54, 1.807) is 0 Å². The van der Waals surface area contributed by atoms with Gasteiger partial charge in [0.05, 0.1) is 5.69 Å². The van der Waals surface area contributed by atoms with E-state index in [1.165, 1.54) is 11.3 Å². The van der Waals surface area contributed by atoms with Gasteiger partial charge in [0.15, 0.2) is 5.82 Å². The number of nitrogen functional groups attached to an aromatic ring is 1. The first kappa shape index (κ1) is 12.1. The molecule has 0 aliphatic heterocycles. The fourth-order valence-electron chi connectivity index (χ4n) is 1.51. The molecule has 0 fully saturated rings. The van der Waals surface area contributed by atoms with Crippen molar-refractivity contribution in [1.29, 1.82) is 0 Å². The summed E-state index contributed by atoms with van der Waals surface area (Å²) in [5, 5.41) is 5.99. The summed E-state index contributed by atoms with van der Waals surface area (Å²) in [6, 6.07) is 0. The number of nitrogens with two attached hydrogens (primary N) is 1. The van der Waals surface area contributed by atoms with E-state index >= 15 is 0 Å². The number of aromatic nitrogens is 2. The van der Waals surface area contributed by atoms with Crippen molar-refractivity contribution in [3.05, 3.63) is 16.8 Å². The van der Waals surface area contributed by atoms with Gasteiger partial charge in [0.25, 0.3) is 5.89 Å². The maximum Gasteiger partial charge on any atom is 0.270 e. The van der Waals surface area contributed by atoms with Crippen LogP contribution in [0.5, 0.6) is 0 Å². The Labute approximate surface area is 105 Å². The zero-order valence-electron chi connectivity index (χ0n) is 10.6. The van der Waals surface area contributed by atoms with Gasteiger partial charge in [-0.25, -0.2) is 0 Å². The van der Waals surface area contributed by atoms with Gasteiger partial charge in [-0.1, -0.05) is 25.9 Å². The molecule has 2 N–H and O–H groups in total. The Bertz CT molecular complexity index is 522. The van der Waals surface area contributed by atoms with Crippen molar-refractivity contribution in [3.63, 3.8) is 0 Å². The van der Waals surface area contributed by atoms with Gasteiger partial charge >= 0.3 is 0 Å². The molecule has 0 spiro atoms. The van der Waals surface area contributed by atoms with Crippen molar-refractivity contribution in [2.75, 3.05) is 5.73 Å². The zero-order valence-corrected chi connectivity index (χ0v) is 11.4. The van der Waals surface area contributed by atoms with Gasteiger partial charge in [0, 0.05) is 6.42 Å². The normalized spacial score (nSPS) is 12.0. The van der Waals surface area contributed by atoms with Crippen LogP contribution in [0.25, 0.3) is 10.8 Å². The molecule has 2 heterocycles. The van der Waals surface area contributed by atoms with E-state index in [-0.39, 0.29) is 5.41 Å². The van der Waals surface area contributed by atoms with Gasteiger partial charge in [0.2, 0.25) is 0 Å². The van der Waals surface area contributed by atoms with Crippen LogP contribution in [0, 0.1) is 12.3 Å². The standard InChI is InChI=1S/C12H17N3OS/c1-7-6-17-10(9(7)13)11-14-8(15-16-11)5-12(2,3)4/h6H,5,13H2,1-4H3. The molecule has 0 bridgehead atoms. The molecule has 0 atom stereocenters. The lowest BCUT2D eigenvalue weighted by atomic mass is 9.92. The number of thiophene rings is 1. The molecule has 5 heteroatoms. The Balaban J connectivity index is 2.27. The molecule has 2 aromatic rings. The second-order valence-corrected chi connectivity index (χ2v) is 6.29. The lowest BCUT2D eigenvalue weighted by Crippen LogP contribution is -2.10. The Kier molecular flexibility index (Phi) is 2.95. The summed E-state index contributed by atoms with van der Waals surface area (Å²) in [4.78, 5) is 5.26. The minimum Gasteiger partial charge on any atom is -0.397 e. The van der Waals surface area contributed by atoms with Crippen LogP contribution < -0.4 is 5.73 Å². The van der Waals surface area contributed by atoms with E-state index in [4.69, 9.17) is 10.3 Å². The molecular weight excluding hydrogens is 234 g/mol. The first-order valence-corrected chi connectivity index (χ1v) is 6.41. The van der Waals surface area contributed by atoms with Gasteiger partial charge in [-0.3, -0.25) is 0 Å². The van der Waals surface area contributed by atoms with Crippen LogP contribution in [0.15, 0.2) is 9.90 Å². The first-order chi connectivity index (χ1) is 7.87. The number of aryl methyl sites for hydroxylation is 1. The number of nitrogens with zero attached hydrogens (tertiary/aromatic N) is 2. The molecule has 0 saturated carbocycles. The van der Waals surface area contributed by atoms with Gasteiger partial charge < -0.3 is 10.3 Å². The highest BCUT2D eigenvalue weighted by molar-refractivity contribution is 7.14. The monoisotopic (exact) mass is 251 g/mol. The fourth-order valence-corrected chi connectivity index (χ4v) is 2.40. The molecule has 0 aliphatic rings. The highest BCUT2D eigenvalue weighted by atomic mass is 32.1. The summed E-state index contributed by atoms with van der Waals surface area (Å²) in [5.74, 6) is 1.26. The van der Waals surface area contributed by atoms with Crippen molar-refractivity contribution in [2.24, 2.45) is 5.41 Å². The van der Waals surface area contributed by atoms with Crippen LogP contribution in [-0.2, 0) is 6.42 Å². The second-order valence-electron chi connectivity index (χ2n) is 5.41. The van der Waals surface area contributed by atoms with E-state index in [1.807, 2.05) is 12.3 Å². The Morgan fingerprint density at radius 3 is 2.65 bits per heavy atom. The van der Waals surface area contributed by atoms with E-state index < -0.39 is 0 Å². The van der Waals surface area contributed by atoms with Crippen molar-refractivity contribution < 1.29 is 4.52 Å². The fraction of sp³-hybridized carbons (Fsp3) is 0.500. The number of hydrogen-bond acceptors (Lipinski definition) is 5. The first-order valence-electron chi connectivity index (χ1n) is 5.53. The maximum atomic E-state index is 5.95. The Hall–Kier alpha value is -1.36. The summed E-state index contributed by atoms with van der Waals surface area (Å²) >= 11 is 1.54. The summed E-state index contributed by atoms with van der Waals surface area (Å²) in [6.07, 6.45) is 0.792. The Morgan fingerprint density at radius 1 is 1.41 bits per heavy atom. The number of hydrogen-bond donors (Lipinski definition) is 1. The molecular formula is C12H17N3OS. The second kappa shape index (κ2) is 4.14. The zero-order chi connectivity index (χ0) is 12.6. The van der Waals surface area contributed by atoms with Gasteiger partial charge in [-0.05, 0) is 23.3 Å². The van der Waals surface area contributed by atoms with Crippen LogP contribution >= 0.6 is 11.3 Å². The molecule has 0 amide bonds. The highest BCUT2D eigenvalue weighted by Crippen LogP contribution is 2.33. The molecule has 0 radical (unpaired) electrons. The van der Waals surface area contributed by atoms with Crippen LogP contribution in [0.1, 0.15) is 32.2 Å². The Morgan fingerprint density at radius 2 is 2.12 bits per heavy atom. The molecule has 92 valence electrons. The van der Waals surface area contributed by atoms with Crippen molar-refractivity contribution in [3.8, 4) is 10.8 Å². The van der Waals surface area contributed by atoms with E-state index in [0.29, 0.717) is 5.89 Å². The van der Waals surface area contributed by atoms with E-state index in [9.17, 15) is 0 Å². The van der Waals surface area contributed by atoms with Gasteiger partial charge in [-0.15, -0.1) is 11.3 Å². The third-order valence-electron chi connectivity index (χ3n) is 2.37. The van der Waals surface area contributed by atoms with Crippen molar-refractivity contribution in [1.82, 2.24) is 10.1 Å². The van der Waals surface area contributed by atoms with Crippen molar-refractivity contribution >= 4 is 17.0 Å². The smallest absolute Gasteiger partial charge is 0.270 e. The summed E-state index contributed by atoms with van der Waals surface area (Å²) in [5.41, 5.74) is 7.90. The largest absolute Gasteiger partial charge is 0.397 e. The SMILES string of the molecule is Cc1csc(-c2nc(CC(C)(C)C)no2)c1N. The average molecular weight is 251 g/mol. The van der Waals surface area contributed by atoms with E-state index in [2.05, 4.69) is 30.9 Å². The quantitative estimate of drug-likeness (QED) is 0.889. The maximum absolute atomic E-state index is 5.95.